The minimum atomic E-state index is 0.927. The molecule has 0 aliphatic carbocycles. The van der Waals surface area contributed by atoms with E-state index in [0.29, 0.717) is 0 Å². The molecular weight excluding hydrogens is 422 g/mol. The van der Waals surface area contributed by atoms with Gasteiger partial charge in [0, 0.05) is 11.3 Å². The van der Waals surface area contributed by atoms with E-state index >= 15 is 0 Å². The van der Waals surface area contributed by atoms with Crippen LogP contribution in [0.5, 0.6) is 0 Å². The van der Waals surface area contributed by atoms with Gasteiger partial charge in [-0.15, -0.1) is 11.3 Å². The number of benzene rings is 3. The van der Waals surface area contributed by atoms with E-state index in [-0.39, 0.29) is 0 Å². The number of unbranched alkanes of at least 4 members (excludes halogenated alkanes) is 3. The summed E-state index contributed by atoms with van der Waals surface area (Å²) in [5.74, 6) is 0.927. The topological polar surface area (TPSA) is 30.7 Å². The van der Waals surface area contributed by atoms with Crippen molar-refractivity contribution in [3.05, 3.63) is 96.8 Å². The first kappa shape index (κ1) is 21.4. The van der Waals surface area contributed by atoms with Gasteiger partial charge in [-0.2, -0.15) is 0 Å². The highest BCUT2D eigenvalue weighted by molar-refractivity contribution is 7.21. The summed E-state index contributed by atoms with van der Waals surface area (Å²) >= 11 is 1.72. The minimum absolute atomic E-state index is 0.927. The smallest absolute Gasteiger partial charge is 0.138 e. The zero-order chi connectivity index (χ0) is 22.5. The number of nitrogens with zero attached hydrogens (tertiary/aromatic N) is 3. The highest BCUT2D eigenvalue weighted by atomic mass is 32.1. The molecule has 4 heteroatoms. The van der Waals surface area contributed by atoms with Gasteiger partial charge in [-0.1, -0.05) is 68.3 Å². The van der Waals surface area contributed by atoms with Gasteiger partial charge in [0.15, 0.2) is 0 Å². The number of allylic oxidation sites excluding steroid dienone is 3. The average molecular weight is 450 g/mol. The van der Waals surface area contributed by atoms with Crippen LogP contribution in [0.3, 0.4) is 0 Å². The molecule has 164 valence electrons. The van der Waals surface area contributed by atoms with Crippen LogP contribution in [0.1, 0.15) is 38.4 Å². The summed E-state index contributed by atoms with van der Waals surface area (Å²) < 4.78 is 3.43. The Hall–Kier alpha value is -3.50. The molecular formula is C29H27N3S. The van der Waals surface area contributed by atoms with Crippen LogP contribution in [0.25, 0.3) is 43.6 Å². The van der Waals surface area contributed by atoms with Crippen LogP contribution in [-0.2, 0) is 0 Å². The molecule has 0 amide bonds. The standard InChI is InChI=1S/C29H27N3S/c1-2-3-4-5-6-7-11-18-28-30-25-21-22(29-31-24-16-12-13-17-27(24)33-29)19-20-26(25)32(28)23-14-9-8-10-15-23/h6-21H,2-5H2,1H3/b7-6+,18-11+. The van der Waals surface area contributed by atoms with E-state index in [1.165, 1.54) is 24.0 Å². The predicted molar refractivity (Wildman–Crippen MR) is 142 cm³/mol. The summed E-state index contributed by atoms with van der Waals surface area (Å²) in [5.41, 5.74) is 5.33. The van der Waals surface area contributed by atoms with Crippen LogP contribution in [0, 0.1) is 0 Å². The van der Waals surface area contributed by atoms with Crippen LogP contribution in [-0.4, -0.2) is 14.5 Å². The number of thiazole rings is 1. The first-order chi connectivity index (χ1) is 16.3. The number of para-hydroxylation sites is 2. The Morgan fingerprint density at radius 1 is 0.848 bits per heavy atom. The molecule has 0 saturated heterocycles. The van der Waals surface area contributed by atoms with E-state index in [2.05, 4.69) is 96.5 Å². The Labute approximate surface area is 198 Å². The van der Waals surface area contributed by atoms with Gasteiger partial charge >= 0.3 is 0 Å². The molecule has 0 bridgehead atoms. The fraction of sp³-hybridized carbons (Fsp3) is 0.172. The van der Waals surface area contributed by atoms with Crippen LogP contribution >= 0.6 is 11.3 Å². The number of fused-ring (bicyclic) bond motifs is 2. The van der Waals surface area contributed by atoms with Crippen LogP contribution in [0.4, 0.5) is 0 Å². The maximum Gasteiger partial charge on any atom is 0.138 e. The maximum atomic E-state index is 5.00. The van der Waals surface area contributed by atoms with Crippen molar-refractivity contribution in [2.75, 3.05) is 0 Å². The van der Waals surface area contributed by atoms with Crippen LogP contribution < -0.4 is 0 Å². The lowest BCUT2D eigenvalue weighted by Gasteiger charge is -2.07. The van der Waals surface area contributed by atoms with E-state index in [1.54, 1.807) is 11.3 Å². The third-order valence-corrected chi connectivity index (χ3v) is 6.79. The molecule has 5 aromatic rings. The molecule has 0 unspecified atom stereocenters. The number of imidazole rings is 1. The van der Waals surface area contributed by atoms with Gasteiger partial charge in [-0.25, -0.2) is 9.97 Å². The highest BCUT2D eigenvalue weighted by Gasteiger charge is 2.13. The maximum absolute atomic E-state index is 5.00. The first-order valence-corrected chi connectivity index (χ1v) is 12.4. The molecule has 3 aromatic carbocycles. The van der Waals surface area contributed by atoms with Crippen LogP contribution in [0.15, 0.2) is 91.0 Å². The molecule has 5 rings (SSSR count). The Balaban J connectivity index is 1.52. The number of hydrogen-bond acceptors (Lipinski definition) is 3. The number of hydrogen-bond donors (Lipinski definition) is 0. The summed E-state index contributed by atoms with van der Waals surface area (Å²) in [6.45, 7) is 2.24. The molecule has 0 radical (unpaired) electrons. The fourth-order valence-electron chi connectivity index (χ4n) is 4.02. The Morgan fingerprint density at radius 2 is 1.70 bits per heavy atom. The van der Waals surface area contributed by atoms with E-state index in [9.17, 15) is 0 Å². The minimum Gasteiger partial charge on any atom is -0.293 e. The predicted octanol–water partition coefficient (Wildman–Crippen LogP) is 8.45. The molecule has 3 nitrogen and oxygen atoms in total. The van der Waals surface area contributed by atoms with Gasteiger partial charge in [-0.05, 0) is 61.4 Å². The molecule has 33 heavy (non-hydrogen) atoms. The van der Waals surface area contributed by atoms with Crippen LogP contribution in [0.2, 0.25) is 0 Å². The molecule has 2 heterocycles. The van der Waals surface area contributed by atoms with Gasteiger partial charge in [0.25, 0.3) is 0 Å². The Bertz CT molecular complexity index is 1390. The van der Waals surface area contributed by atoms with E-state index in [0.717, 1.165) is 45.1 Å². The summed E-state index contributed by atoms with van der Waals surface area (Å²) in [4.78, 5) is 9.82. The number of rotatable bonds is 8. The highest BCUT2D eigenvalue weighted by Crippen LogP contribution is 2.32. The molecule has 0 aliphatic rings. The third kappa shape index (κ3) is 4.67. The summed E-state index contributed by atoms with van der Waals surface area (Å²) in [5, 5.41) is 1.03. The van der Waals surface area contributed by atoms with Crippen molar-refractivity contribution >= 4 is 38.7 Å². The lowest BCUT2D eigenvalue weighted by molar-refractivity contribution is 0.729. The summed E-state index contributed by atoms with van der Waals surface area (Å²) in [6.07, 6.45) is 13.5. The molecule has 0 spiro atoms. The van der Waals surface area contributed by atoms with Gasteiger partial charge in [0.05, 0.1) is 21.3 Å². The molecule has 0 atom stereocenters. The third-order valence-electron chi connectivity index (χ3n) is 5.70. The quantitative estimate of drug-likeness (QED) is 0.176. The zero-order valence-corrected chi connectivity index (χ0v) is 19.6. The number of aromatic nitrogens is 3. The monoisotopic (exact) mass is 449 g/mol. The van der Waals surface area contributed by atoms with Gasteiger partial charge in [0.1, 0.15) is 10.8 Å². The van der Waals surface area contributed by atoms with Crippen molar-refractivity contribution in [1.29, 1.82) is 0 Å². The van der Waals surface area contributed by atoms with Crippen molar-refractivity contribution in [1.82, 2.24) is 14.5 Å². The average Bonchev–Trinajstić information content (AvgIpc) is 3.45. The van der Waals surface area contributed by atoms with Crippen molar-refractivity contribution in [2.24, 2.45) is 0 Å². The second-order valence-electron chi connectivity index (χ2n) is 8.11. The molecule has 0 N–H and O–H groups in total. The van der Waals surface area contributed by atoms with Crippen molar-refractivity contribution < 1.29 is 0 Å². The summed E-state index contributed by atoms with van der Waals surface area (Å²) in [7, 11) is 0. The van der Waals surface area contributed by atoms with Gasteiger partial charge in [0.2, 0.25) is 0 Å². The molecule has 0 aliphatic heterocycles. The lowest BCUT2D eigenvalue weighted by Crippen LogP contribution is -1.96. The van der Waals surface area contributed by atoms with Crippen molar-refractivity contribution in [2.45, 2.75) is 32.6 Å². The SMILES string of the molecule is CCCCC/C=C/C=C/c1nc2cc(-c3nc4ccccc4s3)ccc2n1-c1ccccc1. The molecule has 0 fully saturated rings. The van der Waals surface area contributed by atoms with Crippen molar-refractivity contribution in [3.63, 3.8) is 0 Å². The fourth-order valence-corrected chi connectivity index (χ4v) is 4.98. The largest absolute Gasteiger partial charge is 0.293 e. The summed E-state index contributed by atoms with van der Waals surface area (Å²) in [6, 6.07) is 25.2. The van der Waals surface area contributed by atoms with Gasteiger partial charge < -0.3 is 0 Å². The van der Waals surface area contributed by atoms with E-state index in [1.807, 2.05) is 12.1 Å². The lowest BCUT2D eigenvalue weighted by atomic mass is 10.2. The Morgan fingerprint density at radius 3 is 2.55 bits per heavy atom. The molecule has 0 saturated carbocycles. The zero-order valence-electron chi connectivity index (χ0n) is 18.8. The van der Waals surface area contributed by atoms with E-state index < -0.39 is 0 Å². The Kier molecular flexibility index (Phi) is 6.45. The van der Waals surface area contributed by atoms with Crippen molar-refractivity contribution in [3.8, 4) is 16.3 Å². The first-order valence-electron chi connectivity index (χ1n) is 11.6. The molecule has 2 aromatic heterocycles. The normalized spacial score (nSPS) is 12.0. The van der Waals surface area contributed by atoms with Gasteiger partial charge in [-0.3, -0.25) is 4.57 Å². The second-order valence-corrected chi connectivity index (χ2v) is 9.14. The second kappa shape index (κ2) is 9.97. The van der Waals surface area contributed by atoms with E-state index in [4.69, 9.17) is 9.97 Å².